The number of nitrogens with zero attached hydrogens (tertiary/aromatic N) is 1. The highest BCUT2D eigenvalue weighted by Crippen LogP contribution is 2.35. The zero-order valence-electron chi connectivity index (χ0n) is 17.4. The average Bonchev–Trinajstić information content (AvgIpc) is 2.61. The largest absolute Gasteiger partial charge is 0.494 e. The van der Waals surface area contributed by atoms with Crippen LogP contribution in [0.15, 0.2) is 29.1 Å². The van der Waals surface area contributed by atoms with E-state index in [0.717, 1.165) is 17.7 Å². The minimum Gasteiger partial charge on any atom is -0.494 e. The zero-order valence-corrected chi connectivity index (χ0v) is 18.2. The number of halogens is 1. The summed E-state index contributed by atoms with van der Waals surface area (Å²) in [6, 6.07) is 6.36. The fraction of sp³-hybridized carbons (Fsp3) is 0.476. The Morgan fingerprint density at radius 2 is 1.96 bits per heavy atom. The molecule has 0 radical (unpaired) electrons. The highest BCUT2D eigenvalue weighted by molar-refractivity contribution is 8.00. The van der Waals surface area contributed by atoms with Crippen LogP contribution >= 0.6 is 11.9 Å². The van der Waals surface area contributed by atoms with Crippen LogP contribution in [0.25, 0.3) is 0 Å². The van der Waals surface area contributed by atoms with E-state index in [1.807, 2.05) is 13.0 Å². The maximum Gasteiger partial charge on any atom is 0.255 e. The van der Waals surface area contributed by atoms with Crippen molar-refractivity contribution in [2.75, 3.05) is 22.9 Å². The topological polar surface area (TPSA) is 55.3 Å². The Hall–Kier alpha value is -2.15. The van der Waals surface area contributed by atoms with Gasteiger partial charge in [0, 0.05) is 18.9 Å². The van der Waals surface area contributed by atoms with Crippen molar-refractivity contribution in [2.45, 2.75) is 34.1 Å². The van der Waals surface area contributed by atoms with Crippen LogP contribution in [0.1, 0.15) is 32.8 Å². The predicted molar refractivity (Wildman–Crippen MR) is 117 cm³/mol. The summed E-state index contributed by atoms with van der Waals surface area (Å²) in [7, 11) is 3.16. The van der Waals surface area contributed by atoms with Crippen LogP contribution < -0.4 is 20.3 Å². The van der Waals surface area contributed by atoms with Crippen molar-refractivity contribution >= 4 is 29.1 Å². The fourth-order valence-corrected chi connectivity index (χ4v) is 3.91. The first-order valence-electron chi connectivity index (χ1n) is 9.41. The minimum atomic E-state index is -0.376. The number of methoxy groups -OCH3 is 1. The van der Waals surface area contributed by atoms with Crippen molar-refractivity contribution < 1.29 is 9.13 Å². The Balaban J connectivity index is 2.32. The van der Waals surface area contributed by atoms with Crippen molar-refractivity contribution in [3.05, 3.63) is 46.0 Å². The van der Waals surface area contributed by atoms with E-state index in [1.54, 1.807) is 25.1 Å². The van der Waals surface area contributed by atoms with Crippen molar-refractivity contribution in [2.24, 2.45) is 18.9 Å². The molecule has 1 unspecified atom stereocenters. The van der Waals surface area contributed by atoms with Crippen LogP contribution in [-0.2, 0) is 7.05 Å². The summed E-state index contributed by atoms with van der Waals surface area (Å²) < 4.78 is 24.5. The molecule has 0 saturated carbocycles. The molecule has 0 bridgehead atoms. The van der Waals surface area contributed by atoms with Gasteiger partial charge >= 0.3 is 0 Å². The second-order valence-electron chi connectivity index (χ2n) is 7.59. The van der Waals surface area contributed by atoms with Gasteiger partial charge in [-0.1, -0.05) is 38.8 Å². The van der Waals surface area contributed by atoms with E-state index >= 15 is 0 Å². The number of hydrogen-bond donors (Lipinski definition) is 2. The quantitative estimate of drug-likeness (QED) is 0.551. The monoisotopic (exact) mass is 407 g/mol. The van der Waals surface area contributed by atoms with Gasteiger partial charge in [0.2, 0.25) is 0 Å². The summed E-state index contributed by atoms with van der Waals surface area (Å²) >= 11 is 1.55. The van der Waals surface area contributed by atoms with Crippen molar-refractivity contribution in [3.8, 4) is 5.75 Å². The number of ether oxygens (including phenoxy) is 1. The van der Waals surface area contributed by atoms with Crippen LogP contribution in [0.5, 0.6) is 5.75 Å². The number of anilines is 3. The number of rotatable bonds is 9. The Kier molecular flexibility index (Phi) is 7.80. The Bertz CT molecular complexity index is 867. The summed E-state index contributed by atoms with van der Waals surface area (Å²) in [5.74, 6) is 2.59. The van der Waals surface area contributed by atoms with Crippen molar-refractivity contribution in [1.82, 2.24) is 4.57 Å². The fourth-order valence-electron chi connectivity index (χ4n) is 3.06. The molecule has 5 nitrogen and oxygen atoms in total. The first-order chi connectivity index (χ1) is 13.2. The summed E-state index contributed by atoms with van der Waals surface area (Å²) in [5.41, 5.74) is 1.51. The molecule has 7 heteroatoms. The number of aryl methyl sites for hydroxylation is 1. The molecule has 2 aromatic rings. The van der Waals surface area contributed by atoms with E-state index < -0.39 is 0 Å². The molecule has 0 aliphatic carbocycles. The Morgan fingerprint density at radius 1 is 1.25 bits per heavy atom. The molecule has 0 saturated heterocycles. The molecule has 0 fully saturated rings. The minimum absolute atomic E-state index is 0.240. The zero-order chi connectivity index (χ0) is 20.8. The molecule has 0 aliphatic rings. The van der Waals surface area contributed by atoms with Gasteiger partial charge in [0.25, 0.3) is 5.56 Å². The van der Waals surface area contributed by atoms with Crippen LogP contribution in [0.4, 0.5) is 21.6 Å². The van der Waals surface area contributed by atoms with E-state index in [1.165, 1.54) is 23.8 Å². The lowest BCUT2D eigenvalue weighted by molar-refractivity contribution is 0.415. The molecule has 28 heavy (non-hydrogen) atoms. The van der Waals surface area contributed by atoms with Gasteiger partial charge in [0.15, 0.2) is 5.75 Å². The SMILES string of the molecule is COc1cc(=O)n(C)c(Nc2ccc(C)cc2F)c1NSCC(C)CC(C)C. The van der Waals surface area contributed by atoms with E-state index in [2.05, 4.69) is 30.8 Å². The molecule has 1 atom stereocenters. The van der Waals surface area contributed by atoms with Gasteiger partial charge < -0.3 is 14.8 Å². The smallest absolute Gasteiger partial charge is 0.255 e. The van der Waals surface area contributed by atoms with Crippen LogP contribution in [0.2, 0.25) is 0 Å². The molecule has 0 aliphatic heterocycles. The molecular formula is C21H30FN3O2S. The second kappa shape index (κ2) is 9.87. The van der Waals surface area contributed by atoms with E-state index in [-0.39, 0.29) is 11.4 Å². The van der Waals surface area contributed by atoms with Gasteiger partial charge in [-0.2, -0.15) is 0 Å². The van der Waals surface area contributed by atoms with Crippen molar-refractivity contribution in [3.63, 3.8) is 0 Å². The predicted octanol–water partition coefficient (Wildman–Crippen LogP) is 5.33. The molecule has 0 spiro atoms. The van der Waals surface area contributed by atoms with Gasteiger partial charge in [-0.25, -0.2) is 4.39 Å². The lowest BCUT2D eigenvalue weighted by Gasteiger charge is -2.20. The van der Waals surface area contributed by atoms with Gasteiger partial charge in [0.05, 0.1) is 12.8 Å². The molecule has 154 valence electrons. The number of nitrogens with one attached hydrogen (secondary N) is 2. The first-order valence-corrected chi connectivity index (χ1v) is 10.4. The lowest BCUT2D eigenvalue weighted by Crippen LogP contribution is -2.21. The number of benzene rings is 1. The van der Waals surface area contributed by atoms with E-state index in [9.17, 15) is 9.18 Å². The second-order valence-corrected chi connectivity index (χ2v) is 8.42. The maximum atomic E-state index is 14.4. The van der Waals surface area contributed by atoms with Gasteiger partial charge in [-0.3, -0.25) is 9.36 Å². The molecule has 1 aromatic carbocycles. The normalized spacial score (nSPS) is 12.1. The molecule has 1 aromatic heterocycles. The van der Waals surface area contributed by atoms with E-state index in [0.29, 0.717) is 34.8 Å². The molecular weight excluding hydrogens is 377 g/mol. The highest BCUT2D eigenvalue weighted by atomic mass is 32.2. The third-order valence-corrected chi connectivity index (χ3v) is 5.50. The lowest BCUT2D eigenvalue weighted by atomic mass is 10.0. The Morgan fingerprint density at radius 3 is 2.57 bits per heavy atom. The molecule has 2 N–H and O–H groups in total. The number of hydrogen-bond acceptors (Lipinski definition) is 5. The Labute approximate surface area is 170 Å². The standard InChI is InChI=1S/C21H30FN3O2S/c1-13(2)9-15(4)12-28-24-20-18(27-6)11-19(26)25(5)21(20)23-17-8-7-14(3)10-16(17)22/h7-8,10-11,13,15,23-24H,9,12H2,1-6H3. The summed E-state index contributed by atoms with van der Waals surface area (Å²) in [6.07, 6.45) is 1.14. The summed E-state index contributed by atoms with van der Waals surface area (Å²) in [4.78, 5) is 12.3. The molecule has 0 amide bonds. The van der Waals surface area contributed by atoms with Crippen LogP contribution in [-0.4, -0.2) is 17.4 Å². The highest BCUT2D eigenvalue weighted by Gasteiger charge is 2.17. The van der Waals surface area contributed by atoms with Crippen molar-refractivity contribution in [1.29, 1.82) is 0 Å². The van der Waals surface area contributed by atoms with E-state index in [4.69, 9.17) is 4.74 Å². The third-order valence-electron chi connectivity index (χ3n) is 4.42. The van der Waals surface area contributed by atoms with Gasteiger partial charge in [0.1, 0.15) is 17.3 Å². The summed E-state index contributed by atoms with van der Waals surface area (Å²) in [5, 5.41) is 3.05. The van der Waals surface area contributed by atoms with Gasteiger partial charge in [-0.05, 0) is 42.9 Å². The summed E-state index contributed by atoms with van der Waals surface area (Å²) in [6.45, 7) is 8.47. The number of pyridine rings is 1. The molecule has 1 heterocycles. The average molecular weight is 408 g/mol. The van der Waals surface area contributed by atoms with Crippen LogP contribution in [0, 0.1) is 24.6 Å². The molecule has 2 rings (SSSR count). The first kappa shape index (κ1) is 22.1. The van der Waals surface area contributed by atoms with Crippen LogP contribution in [0.3, 0.4) is 0 Å². The maximum absolute atomic E-state index is 14.4. The number of aromatic nitrogens is 1. The van der Waals surface area contributed by atoms with Gasteiger partial charge in [-0.15, -0.1) is 0 Å². The third kappa shape index (κ3) is 5.67.